The second-order valence-electron chi connectivity index (χ2n) is 5.73. The molecule has 0 radical (unpaired) electrons. The third-order valence-electron chi connectivity index (χ3n) is 3.62. The van der Waals surface area contributed by atoms with Crippen LogP contribution in [0.1, 0.15) is 5.56 Å². The summed E-state index contributed by atoms with van der Waals surface area (Å²) in [6.07, 6.45) is 1.25. The summed E-state index contributed by atoms with van der Waals surface area (Å²) < 4.78 is 19.8. The average Bonchev–Trinajstić information content (AvgIpc) is 2.63. The molecule has 0 atom stereocenters. The van der Waals surface area contributed by atoms with Gasteiger partial charge in [0.1, 0.15) is 24.7 Å². The van der Waals surface area contributed by atoms with Crippen molar-refractivity contribution >= 4 is 11.6 Å². The lowest BCUT2D eigenvalue weighted by Gasteiger charge is -2.10. The van der Waals surface area contributed by atoms with Crippen LogP contribution < -0.4 is 21.3 Å². The van der Waals surface area contributed by atoms with Crippen LogP contribution in [0.3, 0.4) is 0 Å². The number of H-pyrrole nitrogens is 1. The van der Waals surface area contributed by atoms with Crippen molar-refractivity contribution in [2.24, 2.45) is 0 Å². The highest BCUT2D eigenvalue weighted by atomic mass is 19.1. The Balaban J connectivity index is 1.62. The normalized spacial score (nSPS) is 10.4. The molecule has 0 aliphatic heterocycles. The van der Waals surface area contributed by atoms with Gasteiger partial charge in [0.25, 0.3) is 5.56 Å². The van der Waals surface area contributed by atoms with Crippen molar-refractivity contribution in [1.82, 2.24) is 9.55 Å². The highest BCUT2D eigenvalue weighted by Crippen LogP contribution is 2.16. The van der Waals surface area contributed by atoms with Crippen molar-refractivity contribution < 1.29 is 13.9 Å². The number of rotatable bonds is 6. The zero-order valence-corrected chi connectivity index (χ0v) is 14.1. The predicted molar refractivity (Wildman–Crippen MR) is 97.1 cm³/mol. The largest absolute Gasteiger partial charge is 0.489 e. The van der Waals surface area contributed by atoms with Gasteiger partial charge in [-0.2, -0.15) is 0 Å². The van der Waals surface area contributed by atoms with Gasteiger partial charge in [-0.15, -0.1) is 0 Å². The molecule has 1 amide bonds. The minimum atomic E-state index is -0.658. The van der Waals surface area contributed by atoms with E-state index < -0.39 is 17.2 Å². The first kappa shape index (κ1) is 18.1. The number of amides is 1. The minimum Gasteiger partial charge on any atom is -0.489 e. The lowest BCUT2D eigenvalue weighted by Crippen LogP contribution is -2.32. The molecule has 7 nitrogen and oxygen atoms in total. The smallest absolute Gasteiger partial charge is 0.328 e. The molecule has 0 bridgehead atoms. The summed E-state index contributed by atoms with van der Waals surface area (Å²) in [7, 11) is 0. The SMILES string of the molecule is O=C(Cn1ccc(=O)[nH]c1=O)Nc1cccc(COc2cccc(F)c2)c1. The number of carbonyl (C=O) groups is 1. The molecule has 0 saturated heterocycles. The van der Waals surface area contributed by atoms with E-state index in [-0.39, 0.29) is 19.0 Å². The van der Waals surface area contributed by atoms with Gasteiger partial charge in [0.2, 0.25) is 5.91 Å². The van der Waals surface area contributed by atoms with Crippen LogP contribution in [0, 0.1) is 5.82 Å². The van der Waals surface area contributed by atoms with Crippen molar-refractivity contribution in [3.8, 4) is 5.75 Å². The number of nitrogens with zero attached hydrogens (tertiary/aromatic N) is 1. The second-order valence-corrected chi connectivity index (χ2v) is 5.73. The van der Waals surface area contributed by atoms with Crippen LogP contribution >= 0.6 is 0 Å². The van der Waals surface area contributed by atoms with E-state index in [4.69, 9.17) is 4.74 Å². The van der Waals surface area contributed by atoms with Gasteiger partial charge in [0.15, 0.2) is 0 Å². The van der Waals surface area contributed by atoms with Crippen LogP contribution in [0.4, 0.5) is 10.1 Å². The highest BCUT2D eigenvalue weighted by Gasteiger charge is 2.06. The van der Waals surface area contributed by atoms with E-state index in [1.165, 1.54) is 24.4 Å². The fourth-order valence-electron chi connectivity index (χ4n) is 2.39. The van der Waals surface area contributed by atoms with Gasteiger partial charge in [-0.25, -0.2) is 9.18 Å². The molecule has 8 heteroatoms. The number of nitrogens with one attached hydrogen (secondary N) is 2. The van der Waals surface area contributed by atoms with Crippen LogP contribution in [0.15, 0.2) is 70.4 Å². The first-order valence-corrected chi connectivity index (χ1v) is 8.06. The second kappa shape index (κ2) is 8.13. The number of aromatic nitrogens is 2. The van der Waals surface area contributed by atoms with Gasteiger partial charge in [0, 0.05) is 24.0 Å². The first-order valence-electron chi connectivity index (χ1n) is 8.06. The third-order valence-corrected chi connectivity index (χ3v) is 3.62. The molecule has 0 aliphatic carbocycles. The van der Waals surface area contributed by atoms with E-state index >= 15 is 0 Å². The molecule has 0 saturated carbocycles. The Bertz CT molecular complexity index is 1070. The molecule has 1 aromatic heterocycles. The zero-order valence-electron chi connectivity index (χ0n) is 14.1. The van der Waals surface area contributed by atoms with Crippen molar-refractivity contribution in [2.75, 3.05) is 5.32 Å². The molecule has 2 N–H and O–H groups in total. The number of ether oxygens (including phenoxy) is 1. The molecular formula is C19H16FN3O4. The van der Waals surface area contributed by atoms with Gasteiger partial charge in [-0.05, 0) is 29.8 Å². The summed E-state index contributed by atoms with van der Waals surface area (Å²) >= 11 is 0. The summed E-state index contributed by atoms with van der Waals surface area (Å²) in [6, 6.07) is 13.9. The lowest BCUT2D eigenvalue weighted by molar-refractivity contribution is -0.116. The molecule has 0 unspecified atom stereocenters. The van der Waals surface area contributed by atoms with E-state index in [0.29, 0.717) is 11.4 Å². The molecule has 1 heterocycles. The fraction of sp³-hybridized carbons (Fsp3) is 0.105. The molecule has 0 spiro atoms. The standard InChI is InChI=1S/C19H16FN3O4/c20-14-4-2-6-16(10-14)27-12-13-3-1-5-15(9-13)21-18(25)11-23-8-7-17(24)22-19(23)26/h1-10H,11-12H2,(H,21,25)(H,22,24,26). The molecule has 0 aliphatic rings. The van der Waals surface area contributed by atoms with E-state index in [1.54, 1.807) is 36.4 Å². The molecule has 2 aromatic carbocycles. The topological polar surface area (TPSA) is 93.2 Å². The van der Waals surface area contributed by atoms with Crippen molar-refractivity contribution in [3.63, 3.8) is 0 Å². The summed E-state index contributed by atoms with van der Waals surface area (Å²) in [5, 5.41) is 2.67. The molecule has 3 rings (SSSR count). The van der Waals surface area contributed by atoms with Crippen molar-refractivity contribution in [3.05, 3.63) is 93.0 Å². The maximum atomic E-state index is 13.2. The number of anilines is 1. The quantitative estimate of drug-likeness (QED) is 0.694. The Morgan fingerprint density at radius 2 is 1.93 bits per heavy atom. The average molecular weight is 369 g/mol. The number of benzene rings is 2. The molecule has 3 aromatic rings. The van der Waals surface area contributed by atoms with Crippen molar-refractivity contribution in [2.45, 2.75) is 13.2 Å². The Hall–Kier alpha value is -3.68. The van der Waals surface area contributed by atoms with Crippen LogP contribution in [0.2, 0.25) is 0 Å². The van der Waals surface area contributed by atoms with Gasteiger partial charge in [0.05, 0.1) is 0 Å². The van der Waals surface area contributed by atoms with E-state index in [2.05, 4.69) is 10.3 Å². The molecule has 0 fully saturated rings. The predicted octanol–water partition coefficient (Wildman–Crippen LogP) is 1.89. The van der Waals surface area contributed by atoms with E-state index in [9.17, 15) is 18.8 Å². The van der Waals surface area contributed by atoms with E-state index in [0.717, 1.165) is 10.1 Å². The zero-order chi connectivity index (χ0) is 19.2. The van der Waals surface area contributed by atoms with Crippen LogP contribution in [-0.4, -0.2) is 15.5 Å². The van der Waals surface area contributed by atoms with Gasteiger partial charge >= 0.3 is 5.69 Å². The fourth-order valence-corrected chi connectivity index (χ4v) is 2.39. The maximum Gasteiger partial charge on any atom is 0.328 e. The number of hydrogen-bond acceptors (Lipinski definition) is 4. The van der Waals surface area contributed by atoms with Crippen LogP contribution in [0.25, 0.3) is 0 Å². The first-order chi connectivity index (χ1) is 13.0. The summed E-state index contributed by atoms with van der Waals surface area (Å²) in [4.78, 5) is 36.8. The van der Waals surface area contributed by atoms with E-state index in [1.807, 2.05) is 0 Å². The Labute approximate surface area is 153 Å². The molecule has 27 heavy (non-hydrogen) atoms. The lowest BCUT2D eigenvalue weighted by atomic mass is 10.2. The van der Waals surface area contributed by atoms with Gasteiger partial charge in [-0.1, -0.05) is 18.2 Å². The number of hydrogen-bond donors (Lipinski definition) is 2. The van der Waals surface area contributed by atoms with Crippen LogP contribution in [-0.2, 0) is 17.9 Å². The Morgan fingerprint density at radius 3 is 2.70 bits per heavy atom. The van der Waals surface area contributed by atoms with Gasteiger partial charge < -0.3 is 10.1 Å². The number of halogens is 1. The Morgan fingerprint density at radius 1 is 1.11 bits per heavy atom. The minimum absolute atomic E-state index is 0.201. The van der Waals surface area contributed by atoms with Crippen molar-refractivity contribution in [1.29, 1.82) is 0 Å². The third kappa shape index (κ3) is 5.15. The number of aromatic amines is 1. The molecular weight excluding hydrogens is 353 g/mol. The summed E-state index contributed by atoms with van der Waals surface area (Å²) in [5.41, 5.74) is 0.119. The van der Waals surface area contributed by atoms with Crippen LogP contribution in [0.5, 0.6) is 5.75 Å². The summed E-state index contributed by atoms with van der Waals surface area (Å²) in [6.45, 7) is -0.0355. The highest BCUT2D eigenvalue weighted by molar-refractivity contribution is 5.90. The Kier molecular flexibility index (Phi) is 5.46. The maximum absolute atomic E-state index is 13.2. The monoisotopic (exact) mass is 369 g/mol. The summed E-state index contributed by atoms with van der Waals surface area (Å²) in [5.74, 6) is -0.403. The number of carbonyl (C=O) groups excluding carboxylic acids is 1. The molecule has 138 valence electrons. The van der Waals surface area contributed by atoms with Gasteiger partial charge in [-0.3, -0.25) is 19.1 Å².